The maximum absolute atomic E-state index is 12.8. The molecule has 0 unspecified atom stereocenters. The number of likely N-dealkylation sites (tertiary alicyclic amines) is 1. The van der Waals surface area contributed by atoms with Gasteiger partial charge in [-0.2, -0.15) is 5.26 Å². The molecule has 0 aromatic heterocycles. The Morgan fingerprint density at radius 3 is 2.61 bits per heavy atom. The molecule has 148 valence electrons. The Kier molecular flexibility index (Phi) is 6.77. The Morgan fingerprint density at radius 2 is 2.07 bits per heavy atom. The highest BCUT2D eigenvalue weighted by atomic mass is 16.6. The summed E-state index contributed by atoms with van der Waals surface area (Å²) in [6.07, 6.45) is 1.08. The summed E-state index contributed by atoms with van der Waals surface area (Å²) in [7, 11) is 1.25. The van der Waals surface area contributed by atoms with Crippen LogP contribution in [0.2, 0.25) is 0 Å². The van der Waals surface area contributed by atoms with Gasteiger partial charge in [-0.05, 0) is 17.7 Å². The molecule has 1 aromatic rings. The molecule has 8 heteroatoms. The van der Waals surface area contributed by atoms with Crippen molar-refractivity contribution in [3.05, 3.63) is 48.0 Å². The average Bonchev–Trinajstić information content (AvgIpc) is 3.04. The SMILES string of the molecule is C=CCOC(=O)N1C[C@@H](NC(C)=O)C[C@@]1(Cc1ccc(C#N)cc1)C(=O)OC. The van der Waals surface area contributed by atoms with Gasteiger partial charge in [0, 0.05) is 32.4 Å². The summed E-state index contributed by atoms with van der Waals surface area (Å²) in [4.78, 5) is 38.3. The van der Waals surface area contributed by atoms with E-state index in [0.717, 1.165) is 5.56 Å². The number of amides is 2. The maximum atomic E-state index is 12.8. The third kappa shape index (κ3) is 4.49. The van der Waals surface area contributed by atoms with Gasteiger partial charge in [0.15, 0.2) is 0 Å². The van der Waals surface area contributed by atoms with Gasteiger partial charge in [0.25, 0.3) is 0 Å². The molecular formula is C20H23N3O5. The smallest absolute Gasteiger partial charge is 0.411 e. The molecule has 0 radical (unpaired) electrons. The fraction of sp³-hybridized carbons (Fsp3) is 0.400. The Labute approximate surface area is 163 Å². The lowest BCUT2D eigenvalue weighted by Crippen LogP contribution is -2.55. The van der Waals surface area contributed by atoms with Crippen molar-refractivity contribution in [2.45, 2.75) is 31.3 Å². The van der Waals surface area contributed by atoms with Gasteiger partial charge >= 0.3 is 12.1 Å². The second-order valence-electron chi connectivity index (χ2n) is 6.59. The van der Waals surface area contributed by atoms with Crippen LogP contribution in [0.3, 0.4) is 0 Å². The van der Waals surface area contributed by atoms with Gasteiger partial charge in [-0.1, -0.05) is 24.8 Å². The molecule has 1 aliphatic rings. The van der Waals surface area contributed by atoms with E-state index in [4.69, 9.17) is 14.7 Å². The molecule has 0 aliphatic carbocycles. The summed E-state index contributed by atoms with van der Waals surface area (Å²) in [6.45, 7) is 5.00. The van der Waals surface area contributed by atoms with E-state index in [2.05, 4.69) is 11.9 Å². The Balaban J connectivity index is 2.42. The van der Waals surface area contributed by atoms with Crippen molar-refractivity contribution in [2.75, 3.05) is 20.3 Å². The zero-order valence-electron chi connectivity index (χ0n) is 15.9. The van der Waals surface area contributed by atoms with Crippen molar-refractivity contribution < 1.29 is 23.9 Å². The largest absolute Gasteiger partial charge is 0.467 e. The predicted molar refractivity (Wildman–Crippen MR) is 100 cm³/mol. The molecule has 8 nitrogen and oxygen atoms in total. The highest BCUT2D eigenvalue weighted by molar-refractivity contribution is 5.87. The third-order valence-electron chi connectivity index (χ3n) is 4.60. The molecule has 2 atom stereocenters. The monoisotopic (exact) mass is 385 g/mol. The highest BCUT2D eigenvalue weighted by Crippen LogP contribution is 2.35. The summed E-state index contributed by atoms with van der Waals surface area (Å²) in [5.74, 6) is -0.858. The minimum atomic E-state index is -1.34. The number of esters is 1. The molecule has 1 fully saturated rings. The number of nitriles is 1. The summed E-state index contributed by atoms with van der Waals surface area (Å²) < 4.78 is 10.2. The fourth-order valence-electron chi connectivity index (χ4n) is 3.48. The molecule has 28 heavy (non-hydrogen) atoms. The van der Waals surface area contributed by atoms with Crippen molar-refractivity contribution in [2.24, 2.45) is 0 Å². The minimum absolute atomic E-state index is 0.00570. The minimum Gasteiger partial charge on any atom is -0.467 e. The number of carbonyl (C=O) groups is 3. The number of methoxy groups -OCH3 is 1. The zero-order valence-corrected chi connectivity index (χ0v) is 15.9. The van der Waals surface area contributed by atoms with Gasteiger partial charge in [0.05, 0.1) is 18.7 Å². The lowest BCUT2D eigenvalue weighted by molar-refractivity contribution is -0.152. The number of carbonyl (C=O) groups excluding carboxylic acids is 3. The first kappa shape index (κ1) is 21.0. The zero-order chi connectivity index (χ0) is 20.7. The summed E-state index contributed by atoms with van der Waals surface area (Å²) in [5, 5.41) is 11.7. The normalized spacial score (nSPS) is 20.8. The molecule has 0 bridgehead atoms. The van der Waals surface area contributed by atoms with Crippen LogP contribution in [0.15, 0.2) is 36.9 Å². The van der Waals surface area contributed by atoms with E-state index in [1.807, 2.05) is 6.07 Å². The van der Waals surface area contributed by atoms with Gasteiger partial charge in [-0.3, -0.25) is 9.69 Å². The van der Waals surface area contributed by atoms with Gasteiger partial charge in [-0.15, -0.1) is 0 Å². The number of nitrogens with one attached hydrogen (secondary N) is 1. The Hall–Kier alpha value is -3.34. The third-order valence-corrected chi connectivity index (χ3v) is 4.60. The van der Waals surface area contributed by atoms with Crippen LogP contribution in [0.5, 0.6) is 0 Å². The second-order valence-corrected chi connectivity index (χ2v) is 6.59. The van der Waals surface area contributed by atoms with E-state index in [0.29, 0.717) is 5.56 Å². The van der Waals surface area contributed by atoms with Crippen LogP contribution in [-0.4, -0.2) is 54.7 Å². The van der Waals surface area contributed by atoms with Gasteiger partial charge in [-0.25, -0.2) is 9.59 Å². The molecule has 0 saturated carbocycles. The topological polar surface area (TPSA) is 109 Å². The molecule has 1 saturated heterocycles. The van der Waals surface area contributed by atoms with Crippen LogP contribution >= 0.6 is 0 Å². The number of benzene rings is 1. The van der Waals surface area contributed by atoms with E-state index in [1.54, 1.807) is 24.3 Å². The Bertz CT molecular complexity index is 799. The van der Waals surface area contributed by atoms with Crippen molar-refractivity contribution >= 4 is 18.0 Å². The van der Waals surface area contributed by atoms with Crippen molar-refractivity contribution in [3.8, 4) is 6.07 Å². The number of hydrogen-bond donors (Lipinski definition) is 1. The van der Waals surface area contributed by atoms with Crippen LogP contribution in [0.4, 0.5) is 4.79 Å². The Morgan fingerprint density at radius 1 is 1.39 bits per heavy atom. The van der Waals surface area contributed by atoms with E-state index >= 15 is 0 Å². The quantitative estimate of drug-likeness (QED) is 0.588. The molecule has 0 spiro atoms. The highest BCUT2D eigenvalue weighted by Gasteiger charge is 2.55. The first-order valence-electron chi connectivity index (χ1n) is 8.76. The van der Waals surface area contributed by atoms with Crippen molar-refractivity contribution in [1.29, 1.82) is 5.26 Å². The average molecular weight is 385 g/mol. The lowest BCUT2D eigenvalue weighted by atomic mass is 9.87. The first-order valence-corrected chi connectivity index (χ1v) is 8.76. The number of nitrogens with zero attached hydrogens (tertiary/aromatic N) is 2. The van der Waals surface area contributed by atoms with Crippen LogP contribution < -0.4 is 5.32 Å². The van der Waals surface area contributed by atoms with Crippen LogP contribution in [0, 0.1) is 11.3 Å². The molecule has 1 aromatic carbocycles. The van der Waals surface area contributed by atoms with E-state index in [1.165, 1.54) is 25.0 Å². The van der Waals surface area contributed by atoms with E-state index in [9.17, 15) is 14.4 Å². The molecule has 2 amide bonds. The fourth-order valence-corrected chi connectivity index (χ4v) is 3.48. The van der Waals surface area contributed by atoms with Crippen molar-refractivity contribution in [1.82, 2.24) is 10.2 Å². The van der Waals surface area contributed by atoms with E-state index < -0.39 is 23.6 Å². The molecule has 1 N–H and O–H groups in total. The van der Waals surface area contributed by atoms with Gasteiger partial charge in [0.2, 0.25) is 5.91 Å². The number of ether oxygens (including phenoxy) is 2. The molecule has 2 rings (SSSR count). The summed E-state index contributed by atoms with van der Waals surface area (Å²) in [5.41, 5.74) is -0.107. The summed E-state index contributed by atoms with van der Waals surface area (Å²) in [6, 6.07) is 8.34. The standard InChI is InChI=1S/C20H23N3O5/c1-4-9-28-19(26)23-13-17(22-14(2)24)11-20(23,18(25)27-3)10-15-5-7-16(12-21)8-6-15/h4-8,17H,1,9-11,13H2,2-3H3,(H,22,24)/t17-,20-/m0/s1. The van der Waals surface area contributed by atoms with Gasteiger partial charge < -0.3 is 14.8 Å². The lowest BCUT2D eigenvalue weighted by Gasteiger charge is -2.35. The van der Waals surface area contributed by atoms with Crippen LogP contribution in [-0.2, 0) is 25.5 Å². The second kappa shape index (κ2) is 9.04. The van der Waals surface area contributed by atoms with Gasteiger partial charge in [0.1, 0.15) is 12.1 Å². The summed E-state index contributed by atoms with van der Waals surface area (Å²) >= 11 is 0. The predicted octanol–water partition coefficient (Wildman–Crippen LogP) is 1.55. The number of hydrogen-bond acceptors (Lipinski definition) is 6. The first-order chi connectivity index (χ1) is 13.4. The molecular weight excluding hydrogens is 362 g/mol. The van der Waals surface area contributed by atoms with Crippen molar-refractivity contribution in [3.63, 3.8) is 0 Å². The molecule has 1 heterocycles. The van der Waals surface area contributed by atoms with E-state index in [-0.39, 0.29) is 31.9 Å². The van der Waals surface area contributed by atoms with Crippen LogP contribution in [0.1, 0.15) is 24.5 Å². The number of rotatable bonds is 6. The van der Waals surface area contributed by atoms with Crippen LogP contribution in [0.25, 0.3) is 0 Å². The maximum Gasteiger partial charge on any atom is 0.411 e. The molecule has 1 aliphatic heterocycles.